The molecule has 0 saturated carbocycles. The number of benzene rings is 1. The fraction of sp³-hybridized carbons (Fsp3) is 0.118. The summed E-state index contributed by atoms with van der Waals surface area (Å²) in [6.45, 7) is 1.84. The Morgan fingerprint density at radius 3 is 2.67 bits per heavy atom. The van der Waals surface area contributed by atoms with Gasteiger partial charge in [-0.25, -0.2) is 0 Å². The Morgan fingerprint density at radius 1 is 1.25 bits per heavy atom. The summed E-state index contributed by atoms with van der Waals surface area (Å²) in [5, 5.41) is 1.13. The number of thioether (sulfide) groups is 1. The fourth-order valence-electron chi connectivity index (χ4n) is 2.31. The van der Waals surface area contributed by atoms with E-state index in [1.807, 2.05) is 49.0 Å². The van der Waals surface area contributed by atoms with Crippen LogP contribution in [0.5, 0.6) is 0 Å². The van der Waals surface area contributed by atoms with Crippen molar-refractivity contribution in [1.29, 1.82) is 0 Å². The predicted molar refractivity (Wildman–Crippen MR) is 99.1 cm³/mol. The summed E-state index contributed by atoms with van der Waals surface area (Å²) in [7, 11) is 1.90. The summed E-state index contributed by atoms with van der Waals surface area (Å²) in [5.41, 5.74) is 4.83. The molecular weight excluding hydrogens is 342 g/mol. The van der Waals surface area contributed by atoms with Gasteiger partial charge in [0.05, 0.1) is 4.91 Å². The standard InChI is InChI=1S/C17H15N3O2S2/c1-11-6-3-4-8-13(11)15(21)18-20-16(22)14(24-17(20)23)10-12-7-5-9-19(12)2/h3-10H,1-2H3,(H,18,21). The normalized spacial score (nSPS) is 16.1. The zero-order valence-electron chi connectivity index (χ0n) is 13.1. The maximum atomic E-state index is 12.5. The van der Waals surface area contributed by atoms with Crippen LogP contribution in [0.3, 0.4) is 0 Å². The molecule has 1 fully saturated rings. The number of hydrogen-bond acceptors (Lipinski definition) is 4. The van der Waals surface area contributed by atoms with E-state index in [1.165, 1.54) is 11.8 Å². The SMILES string of the molecule is Cc1ccccc1C(=O)NN1C(=O)C(=Cc2cccn2C)SC1=S. The zero-order chi connectivity index (χ0) is 17.3. The first-order valence-electron chi connectivity index (χ1n) is 7.23. The van der Waals surface area contributed by atoms with Gasteiger partial charge in [-0.05, 0) is 49.0 Å². The second kappa shape index (κ2) is 6.62. The van der Waals surface area contributed by atoms with E-state index in [9.17, 15) is 9.59 Å². The topological polar surface area (TPSA) is 54.3 Å². The van der Waals surface area contributed by atoms with E-state index >= 15 is 0 Å². The van der Waals surface area contributed by atoms with Crippen LogP contribution in [-0.2, 0) is 11.8 Å². The minimum absolute atomic E-state index is 0.308. The second-order valence-electron chi connectivity index (χ2n) is 5.32. The van der Waals surface area contributed by atoms with Crippen LogP contribution >= 0.6 is 24.0 Å². The van der Waals surface area contributed by atoms with Crippen LogP contribution in [0.1, 0.15) is 21.6 Å². The largest absolute Gasteiger partial charge is 0.351 e. The lowest BCUT2D eigenvalue weighted by Crippen LogP contribution is -2.45. The smallest absolute Gasteiger partial charge is 0.285 e. The highest BCUT2D eigenvalue weighted by molar-refractivity contribution is 8.26. The van der Waals surface area contributed by atoms with E-state index < -0.39 is 0 Å². The number of aromatic nitrogens is 1. The van der Waals surface area contributed by atoms with E-state index in [-0.39, 0.29) is 11.8 Å². The van der Waals surface area contributed by atoms with Crippen molar-refractivity contribution in [2.24, 2.45) is 7.05 Å². The lowest BCUT2D eigenvalue weighted by Gasteiger charge is -2.16. The molecule has 0 spiro atoms. The van der Waals surface area contributed by atoms with E-state index in [0.717, 1.165) is 16.3 Å². The van der Waals surface area contributed by atoms with Gasteiger partial charge in [0.1, 0.15) is 0 Å². The van der Waals surface area contributed by atoms with Gasteiger partial charge in [-0.3, -0.25) is 15.0 Å². The number of aryl methyl sites for hydroxylation is 2. The molecule has 7 heteroatoms. The molecule has 2 aromatic rings. The van der Waals surface area contributed by atoms with Crippen LogP contribution in [0, 0.1) is 6.92 Å². The van der Waals surface area contributed by atoms with Gasteiger partial charge in [-0.1, -0.05) is 30.0 Å². The number of amides is 2. The molecule has 2 heterocycles. The lowest BCUT2D eigenvalue weighted by atomic mass is 10.1. The minimum atomic E-state index is -0.357. The molecular formula is C17H15N3O2S2. The van der Waals surface area contributed by atoms with Gasteiger partial charge in [-0.15, -0.1) is 0 Å². The Balaban J connectivity index is 1.80. The number of rotatable bonds is 3. The predicted octanol–water partition coefficient (Wildman–Crippen LogP) is 2.88. The van der Waals surface area contributed by atoms with Gasteiger partial charge in [0.25, 0.3) is 11.8 Å². The first kappa shape index (κ1) is 16.5. The van der Waals surface area contributed by atoms with Gasteiger partial charge < -0.3 is 4.57 Å². The molecule has 1 N–H and O–H groups in total. The highest BCUT2D eigenvalue weighted by Gasteiger charge is 2.34. The molecule has 5 nitrogen and oxygen atoms in total. The first-order chi connectivity index (χ1) is 11.5. The molecule has 0 aliphatic carbocycles. The Hall–Kier alpha value is -2.38. The average Bonchev–Trinajstić information content (AvgIpc) is 3.06. The van der Waals surface area contributed by atoms with Crippen molar-refractivity contribution in [2.45, 2.75) is 6.92 Å². The Bertz CT molecular complexity index is 870. The van der Waals surface area contributed by atoms with Gasteiger partial charge in [0.2, 0.25) is 0 Å². The van der Waals surface area contributed by atoms with Gasteiger partial charge in [0, 0.05) is 24.5 Å². The molecule has 0 bridgehead atoms. The van der Waals surface area contributed by atoms with Crippen LogP contribution in [0.15, 0.2) is 47.5 Å². The maximum Gasteiger partial charge on any atom is 0.285 e. The molecule has 1 aromatic heterocycles. The van der Waals surface area contributed by atoms with Gasteiger partial charge >= 0.3 is 0 Å². The third-order valence-electron chi connectivity index (χ3n) is 3.66. The number of nitrogens with zero attached hydrogens (tertiary/aromatic N) is 2. The quantitative estimate of drug-likeness (QED) is 0.678. The van der Waals surface area contributed by atoms with Crippen molar-refractivity contribution in [1.82, 2.24) is 15.0 Å². The van der Waals surface area contributed by atoms with Crippen LogP contribution in [-0.4, -0.2) is 25.7 Å². The molecule has 1 saturated heterocycles. The number of thiocarbonyl (C=S) groups is 1. The van der Waals surface area contributed by atoms with Crippen molar-refractivity contribution in [2.75, 3.05) is 0 Å². The molecule has 0 unspecified atom stereocenters. The van der Waals surface area contributed by atoms with Crippen LogP contribution in [0.4, 0.5) is 0 Å². The third kappa shape index (κ3) is 3.13. The molecule has 0 radical (unpaired) electrons. The number of carbonyl (C=O) groups excluding carboxylic acids is 2. The molecule has 24 heavy (non-hydrogen) atoms. The summed E-state index contributed by atoms with van der Waals surface area (Å²) in [6.07, 6.45) is 3.66. The molecule has 3 rings (SSSR count). The maximum absolute atomic E-state index is 12.5. The van der Waals surface area contributed by atoms with Gasteiger partial charge in [0.15, 0.2) is 4.32 Å². The molecule has 2 amide bonds. The van der Waals surface area contributed by atoms with E-state index in [0.29, 0.717) is 14.8 Å². The summed E-state index contributed by atoms with van der Waals surface area (Å²) in [5.74, 6) is -0.683. The van der Waals surface area contributed by atoms with Crippen LogP contribution < -0.4 is 5.43 Å². The third-order valence-corrected chi connectivity index (χ3v) is 4.96. The van der Waals surface area contributed by atoms with Crippen LogP contribution in [0.2, 0.25) is 0 Å². The highest BCUT2D eigenvalue weighted by Crippen LogP contribution is 2.31. The Labute approximate surface area is 149 Å². The molecule has 1 aliphatic heterocycles. The van der Waals surface area contributed by atoms with Crippen molar-refractivity contribution < 1.29 is 9.59 Å². The molecule has 0 atom stereocenters. The number of hydrazine groups is 1. The van der Waals surface area contributed by atoms with E-state index in [4.69, 9.17) is 12.2 Å². The average molecular weight is 357 g/mol. The van der Waals surface area contributed by atoms with Crippen molar-refractivity contribution >= 4 is 46.2 Å². The van der Waals surface area contributed by atoms with Crippen molar-refractivity contribution in [3.63, 3.8) is 0 Å². The zero-order valence-corrected chi connectivity index (χ0v) is 14.8. The monoisotopic (exact) mass is 357 g/mol. The minimum Gasteiger partial charge on any atom is -0.351 e. The summed E-state index contributed by atoms with van der Waals surface area (Å²) >= 11 is 6.40. The lowest BCUT2D eigenvalue weighted by molar-refractivity contribution is -0.123. The molecule has 122 valence electrons. The number of carbonyl (C=O) groups is 2. The van der Waals surface area contributed by atoms with E-state index in [2.05, 4.69) is 5.43 Å². The number of hydrogen-bond donors (Lipinski definition) is 1. The fourth-order valence-corrected chi connectivity index (χ4v) is 3.48. The Kier molecular flexibility index (Phi) is 4.55. The molecule has 1 aliphatic rings. The number of nitrogens with one attached hydrogen (secondary N) is 1. The van der Waals surface area contributed by atoms with Gasteiger partial charge in [-0.2, -0.15) is 5.01 Å². The summed E-state index contributed by atoms with van der Waals surface area (Å²) in [6, 6.07) is 11.0. The Morgan fingerprint density at radius 2 is 2.00 bits per heavy atom. The molecule has 1 aromatic carbocycles. The van der Waals surface area contributed by atoms with Crippen molar-refractivity contribution in [3.8, 4) is 0 Å². The van der Waals surface area contributed by atoms with Crippen LogP contribution in [0.25, 0.3) is 6.08 Å². The summed E-state index contributed by atoms with van der Waals surface area (Å²) < 4.78 is 2.21. The second-order valence-corrected chi connectivity index (χ2v) is 6.99. The highest BCUT2D eigenvalue weighted by atomic mass is 32.2. The first-order valence-corrected chi connectivity index (χ1v) is 8.46. The van der Waals surface area contributed by atoms with E-state index in [1.54, 1.807) is 18.2 Å². The van der Waals surface area contributed by atoms with Crippen molar-refractivity contribution in [3.05, 3.63) is 64.3 Å². The summed E-state index contributed by atoms with van der Waals surface area (Å²) in [4.78, 5) is 25.4.